The van der Waals surface area contributed by atoms with Crippen LogP contribution in [0.3, 0.4) is 0 Å². The number of amides is 1. The van der Waals surface area contributed by atoms with Crippen LogP contribution in [-0.4, -0.2) is 12.6 Å². The van der Waals surface area contributed by atoms with E-state index in [0.717, 1.165) is 12.0 Å². The van der Waals surface area contributed by atoms with E-state index >= 15 is 0 Å². The maximum Gasteiger partial charge on any atom is 0.407 e. The van der Waals surface area contributed by atoms with Gasteiger partial charge in [0, 0.05) is 6.54 Å². The lowest BCUT2D eigenvalue weighted by molar-refractivity contribution is 0.138. The Labute approximate surface area is 96.8 Å². The number of ether oxygens (including phenoxy) is 1. The largest absolute Gasteiger partial charge is 0.445 e. The molecule has 0 unspecified atom stereocenters. The van der Waals surface area contributed by atoms with Gasteiger partial charge in [-0.25, -0.2) is 4.79 Å². The molecule has 3 heteroatoms. The van der Waals surface area contributed by atoms with Crippen LogP contribution in [0.25, 0.3) is 0 Å². The summed E-state index contributed by atoms with van der Waals surface area (Å²) in [7, 11) is 0. The standard InChI is InChI=1S/C13H19NO2/c1-3-11(2)9-14-13(15)16-10-12-7-5-4-6-8-12/h4-8,11H,3,9-10H2,1-2H3,(H,14,15)/t11-/m1/s1. The molecule has 0 aliphatic heterocycles. The predicted molar refractivity (Wildman–Crippen MR) is 64.1 cm³/mol. The first-order valence-electron chi connectivity index (χ1n) is 5.67. The van der Waals surface area contributed by atoms with Crippen molar-refractivity contribution in [3.05, 3.63) is 35.9 Å². The number of carbonyl (C=O) groups is 1. The van der Waals surface area contributed by atoms with Crippen LogP contribution in [0, 0.1) is 5.92 Å². The van der Waals surface area contributed by atoms with Gasteiger partial charge in [0.2, 0.25) is 0 Å². The van der Waals surface area contributed by atoms with E-state index in [2.05, 4.69) is 19.2 Å². The monoisotopic (exact) mass is 221 g/mol. The third kappa shape index (κ3) is 4.82. The summed E-state index contributed by atoms with van der Waals surface area (Å²) in [5.41, 5.74) is 1.00. The van der Waals surface area contributed by atoms with Crippen molar-refractivity contribution in [3.63, 3.8) is 0 Å². The Bertz CT molecular complexity index is 311. The molecule has 0 spiro atoms. The molecule has 16 heavy (non-hydrogen) atoms. The van der Waals surface area contributed by atoms with E-state index in [1.807, 2.05) is 30.3 Å². The van der Waals surface area contributed by atoms with Gasteiger partial charge in [-0.2, -0.15) is 0 Å². The Kier molecular flexibility index (Phi) is 5.40. The molecule has 0 radical (unpaired) electrons. The fourth-order valence-electron chi connectivity index (χ4n) is 1.18. The molecule has 0 saturated carbocycles. The van der Waals surface area contributed by atoms with Crippen molar-refractivity contribution in [2.24, 2.45) is 5.92 Å². The minimum atomic E-state index is -0.343. The fourth-order valence-corrected chi connectivity index (χ4v) is 1.18. The van der Waals surface area contributed by atoms with E-state index in [-0.39, 0.29) is 6.09 Å². The van der Waals surface area contributed by atoms with Gasteiger partial charge in [0.1, 0.15) is 6.61 Å². The Morgan fingerprint density at radius 1 is 1.38 bits per heavy atom. The lowest BCUT2D eigenvalue weighted by Gasteiger charge is -2.10. The normalized spacial score (nSPS) is 11.9. The number of alkyl carbamates (subject to hydrolysis) is 1. The van der Waals surface area contributed by atoms with Crippen LogP contribution in [-0.2, 0) is 11.3 Å². The lowest BCUT2D eigenvalue weighted by atomic mass is 10.1. The second-order valence-electron chi connectivity index (χ2n) is 3.96. The van der Waals surface area contributed by atoms with Gasteiger partial charge in [-0.3, -0.25) is 0 Å². The predicted octanol–water partition coefficient (Wildman–Crippen LogP) is 2.96. The first-order chi connectivity index (χ1) is 7.72. The summed E-state index contributed by atoms with van der Waals surface area (Å²) in [5, 5.41) is 2.74. The molecule has 3 nitrogen and oxygen atoms in total. The third-order valence-corrected chi connectivity index (χ3v) is 2.50. The Morgan fingerprint density at radius 2 is 2.06 bits per heavy atom. The Hall–Kier alpha value is -1.51. The molecule has 0 bridgehead atoms. The van der Waals surface area contributed by atoms with Gasteiger partial charge in [-0.05, 0) is 11.5 Å². The van der Waals surface area contributed by atoms with Gasteiger partial charge < -0.3 is 10.1 Å². The van der Waals surface area contributed by atoms with Crippen molar-refractivity contribution in [3.8, 4) is 0 Å². The number of hydrogen-bond acceptors (Lipinski definition) is 2. The number of carbonyl (C=O) groups excluding carboxylic acids is 1. The smallest absolute Gasteiger partial charge is 0.407 e. The van der Waals surface area contributed by atoms with Crippen molar-refractivity contribution in [2.75, 3.05) is 6.54 Å². The summed E-state index contributed by atoms with van der Waals surface area (Å²) in [6, 6.07) is 9.65. The number of hydrogen-bond donors (Lipinski definition) is 1. The third-order valence-electron chi connectivity index (χ3n) is 2.50. The molecule has 1 amide bonds. The zero-order chi connectivity index (χ0) is 11.8. The van der Waals surface area contributed by atoms with Crippen LogP contribution in [0.1, 0.15) is 25.8 Å². The van der Waals surface area contributed by atoms with Gasteiger partial charge >= 0.3 is 6.09 Å². The van der Waals surface area contributed by atoms with Gasteiger partial charge in [0.05, 0.1) is 0 Å². The minimum absolute atomic E-state index is 0.327. The molecular formula is C13H19NO2. The lowest BCUT2D eigenvalue weighted by Crippen LogP contribution is -2.28. The molecule has 1 aromatic carbocycles. The van der Waals surface area contributed by atoms with Crippen molar-refractivity contribution in [1.82, 2.24) is 5.32 Å². The van der Waals surface area contributed by atoms with Crippen molar-refractivity contribution in [1.29, 1.82) is 0 Å². The SMILES string of the molecule is CC[C@@H](C)CNC(=O)OCc1ccccc1. The molecule has 0 saturated heterocycles. The highest BCUT2D eigenvalue weighted by atomic mass is 16.5. The Morgan fingerprint density at radius 3 is 2.69 bits per heavy atom. The van der Waals surface area contributed by atoms with E-state index < -0.39 is 0 Å². The Balaban J connectivity index is 2.20. The number of rotatable bonds is 5. The van der Waals surface area contributed by atoms with Crippen LogP contribution in [0.5, 0.6) is 0 Å². The first-order valence-corrected chi connectivity index (χ1v) is 5.67. The van der Waals surface area contributed by atoms with E-state index in [1.54, 1.807) is 0 Å². The van der Waals surface area contributed by atoms with E-state index in [0.29, 0.717) is 19.1 Å². The highest BCUT2D eigenvalue weighted by molar-refractivity contribution is 5.67. The summed E-state index contributed by atoms with van der Waals surface area (Å²) >= 11 is 0. The zero-order valence-corrected chi connectivity index (χ0v) is 9.90. The van der Waals surface area contributed by atoms with Crippen molar-refractivity contribution >= 4 is 6.09 Å². The van der Waals surface area contributed by atoms with E-state index in [1.165, 1.54) is 0 Å². The van der Waals surface area contributed by atoms with Crippen molar-refractivity contribution < 1.29 is 9.53 Å². The molecule has 1 rings (SSSR count). The van der Waals surface area contributed by atoms with Gasteiger partial charge in [-0.15, -0.1) is 0 Å². The van der Waals surface area contributed by atoms with Gasteiger partial charge in [-0.1, -0.05) is 50.6 Å². The summed E-state index contributed by atoms with van der Waals surface area (Å²) in [6.45, 7) is 5.19. The van der Waals surface area contributed by atoms with Crippen LogP contribution in [0.2, 0.25) is 0 Å². The molecular weight excluding hydrogens is 202 g/mol. The molecule has 0 aliphatic carbocycles. The molecule has 1 N–H and O–H groups in total. The fraction of sp³-hybridized carbons (Fsp3) is 0.462. The topological polar surface area (TPSA) is 38.3 Å². The van der Waals surface area contributed by atoms with E-state index in [9.17, 15) is 4.79 Å². The van der Waals surface area contributed by atoms with Crippen molar-refractivity contribution in [2.45, 2.75) is 26.9 Å². The molecule has 0 fully saturated rings. The minimum Gasteiger partial charge on any atom is -0.445 e. The first kappa shape index (κ1) is 12.6. The average Bonchev–Trinajstić information content (AvgIpc) is 2.34. The van der Waals surface area contributed by atoms with E-state index in [4.69, 9.17) is 4.74 Å². The molecule has 0 aliphatic rings. The summed E-state index contributed by atoms with van der Waals surface area (Å²) in [4.78, 5) is 11.3. The summed E-state index contributed by atoms with van der Waals surface area (Å²) < 4.78 is 5.07. The molecule has 0 aromatic heterocycles. The summed E-state index contributed by atoms with van der Waals surface area (Å²) in [5.74, 6) is 0.490. The number of benzene rings is 1. The van der Waals surface area contributed by atoms with Crippen LogP contribution >= 0.6 is 0 Å². The summed E-state index contributed by atoms with van der Waals surface area (Å²) in [6.07, 6.45) is 0.711. The molecule has 88 valence electrons. The maximum absolute atomic E-state index is 11.3. The number of nitrogens with one attached hydrogen (secondary N) is 1. The highest BCUT2D eigenvalue weighted by Crippen LogP contribution is 2.01. The maximum atomic E-state index is 11.3. The zero-order valence-electron chi connectivity index (χ0n) is 9.90. The van der Waals surface area contributed by atoms with Crippen LogP contribution < -0.4 is 5.32 Å². The molecule has 1 aromatic rings. The molecule has 1 atom stereocenters. The molecule has 0 heterocycles. The average molecular weight is 221 g/mol. The van der Waals surface area contributed by atoms with Crippen LogP contribution in [0.4, 0.5) is 4.79 Å². The highest BCUT2D eigenvalue weighted by Gasteiger charge is 2.04. The van der Waals surface area contributed by atoms with Gasteiger partial charge in [0.15, 0.2) is 0 Å². The van der Waals surface area contributed by atoms with Gasteiger partial charge in [0.25, 0.3) is 0 Å². The van der Waals surface area contributed by atoms with Crippen LogP contribution in [0.15, 0.2) is 30.3 Å². The second kappa shape index (κ2) is 6.88. The quantitative estimate of drug-likeness (QED) is 0.830. The second-order valence-corrected chi connectivity index (χ2v) is 3.96.